The smallest absolute Gasteiger partial charge is 0.254 e. The summed E-state index contributed by atoms with van der Waals surface area (Å²) < 4.78 is 13.5. The van der Waals surface area contributed by atoms with E-state index in [1.807, 2.05) is 5.38 Å². The lowest BCUT2D eigenvalue weighted by Crippen LogP contribution is -2.27. The van der Waals surface area contributed by atoms with Crippen molar-refractivity contribution in [2.24, 2.45) is 0 Å². The maximum Gasteiger partial charge on any atom is 0.254 e. The second-order valence-electron chi connectivity index (χ2n) is 3.73. The molecule has 1 amide bonds. The van der Waals surface area contributed by atoms with E-state index in [2.05, 4.69) is 22.9 Å². The van der Waals surface area contributed by atoms with Crippen molar-refractivity contribution in [3.63, 3.8) is 0 Å². The minimum absolute atomic E-state index is 0.00842. The van der Waals surface area contributed by atoms with E-state index in [0.29, 0.717) is 4.90 Å². The fraction of sp³-hybridized carbons (Fsp3) is 0.167. The predicted octanol–water partition coefficient (Wildman–Crippen LogP) is 3.06. The number of carbonyl (C=O) groups is 1. The molecule has 94 valence electrons. The summed E-state index contributed by atoms with van der Waals surface area (Å²) in [6.07, 6.45) is 1.66. The first kappa shape index (κ1) is 13.0. The second kappa shape index (κ2) is 5.49. The van der Waals surface area contributed by atoms with Crippen molar-refractivity contribution in [2.75, 3.05) is 0 Å². The van der Waals surface area contributed by atoms with E-state index in [1.54, 1.807) is 13.1 Å². The van der Waals surface area contributed by atoms with Crippen LogP contribution in [0.5, 0.6) is 0 Å². The van der Waals surface area contributed by atoms with Crippen LogP contribution >= 0.6 is 24.0 Å². The van der Waals surface area contributed by atoms with Gasteiger partial charge in [-0.05, 0) is 25.1 Å². The van der Waals surface area contributed by atoms with Crippen molar-refractivity contribution in [3.05, 3.63) is 46.2 Å². The topological polar surface area (TPSA) is 42.0 Å². The molecule has 1 atom stereocenters. The monoisotopic (exact) mass is 282 g/mol. The van der Waals surface area contributed by atoms with Gasteiger partial charge in [-0.15, -0.1) is 24.0 Å². The van der Waals surface area contributed by atoms with Crippen molar-refractivity contribution in [3.8, 4) is 0 Å². The van der Waals surface area contributed by atoms with Crippen LogP contribution in [0.15, 0.2) is 34.7 Å². The van der Waals surface area contributed by atoms with E-state index >= 15 is 0 Å². The molecule has 0 radical (unpaired) electrons. The van der Waals surface area contributed by atoms with Crippen LogP contribution in [0.3, 0.4) is 0 Å². The van der Waals surface area contributed by atoms with Crippen LogP contribution in [0.25, 0.3) is 0 Å². The van der Waals surface area contributed by atoms with Gasteiger partial charge in [0.2, 0.25) is 0 Å². The number of thiol groups is 1. The van der Waals surface area contributed by atoms with Gasteiger partial charge in [0.25, 0.3) is 5.91 Å². The van der Waals surface area contributed by atoms with Crippen molar-refractivity contribution >= 4 is 29.9 Å². The van der Waals surface area contributed by atoms with Gasteiger partial charge in [-0.1, -0.05) is 0 Å². The van der Waals surface area contributed by atoms with E-state index in [-0.39, 0.29) is 11.6 Å². The summed E-state index contributed by atoms with van der Waals surface area (Å²) in [5.74, 6) is -1.03. The third-order valence-corrected chi connectivity index (χ3v) is 3.60. The van der Waals surface area contributed by atoms with Crippen molar-refractivity contribution in [2.45, 2.75) is 17.9 Å². The summed E-state index contributed by atoms with van der Waals surface area (Å²) in [6, 6.07) is 3.88. The highest BCUT2D eigenvalue weighted by atomic mass is 32.1. The van der Waals surface area contributed by atoms with Gasteiger partial charge in [0.05, 0.1) is 11.6 Å². The Bertz CT molecular complexity index is 557. The number of rotatable bonds is 3. The van der Waals surface area contributed by atoms with Gasteiger partial charge in [0, 0.05) is 16.5 Å². The van der Waals surface area contributed by atoms with Crippen molar-refractivity contribution in [1.29, 1.82) is 0 Å². The summed E-state index contributed by atoms with van der Waals surface area (Å²) in [6.45, 7) is 1.80. The molecule has 0 aliphatic rings. The molecule has 0 saturated carbocycles. The number of carbonyl (C=O) groups excluding carboxylic acids is 1. The largest absolute Gasteiger partial charge is 0.343 e. The molecular weight excluding hydrogens is 271 g/mol. The summed E-state index contributed by atoms with van der Waals surface area (Å²) in [7, 11) is 0. The van der Waals surface area contributed by atoms with Crippen molar-refractivity contribution < 1.29 is 9.18 Å². The number of halogens is 1. The molecule has 1 heterocycles. The Kier molecular flexibility index (Phi) is 3.98. The summed E-state index contributed by atoms with van der Waals surface area (Å²) >= 11 is 5.53. The van der Waals surface area contributed by atoms with Crippen LogP contribution in [-0.4, -0.2) is 10.9 Å². The zero-order valence-electron chi connectivity index (χ0n) is 9.55. The van der Waals surface area contributed by atoms with Gasteiger partial charge in [-0.2, -0.15) is 0 Å². The normalized spacial score (nSPS) is 12.2. The van der Waals surface area contributed by atoms with E-state index in [4.69, 9.17) is 0 Å². The number of hydrogen-bond acceptors (Lipinski definition) is 4. The Hall–Kier alpha value is -1.40. The minimum atomic E-state index is -0.559. The second-order valence-corrected chi connectivity index (χ2v) is 5.17. The standard InChI is InChI=1S/C12H11FN2OS2/c1-7(12-14-4-5-18-12)15-11(16)9-6-8(17)2-3-10(9)13/h2-7,17H,1H3,(H,15,16). The lowest BCUT2D eigenvalue weighted by Gasteiger charge is -2.11. The van der Waals surface area contributed by atoms with Gasteiger partial charge in [0.1, 0.15) is 10.8 Å². The first-order chi connectivity index (χ1) is 8.58. The van der Waals surface area contributed by atoms with Crippen LogP contribution in [0.4, 0.5) is 4.39 Å². The Morgan fingerprint density at radius 3 is 3.00 bits per heavy atom. The molecule has 1 aromatic heterocycles. The van der Waals surface area contributed by atoms with Crippen LogP contribution in [-0.2, 0) is 0 Å². The Labute approximate surface area is 113 Å². The van der Waals surface area contributed by atoms with E-state index in [0.717, 1.165) is 5.01 Å². The van der Waals surface area contributed by atoms with Crippen LogP contribution in [0, 0.1) is 5.82 Å². The Morgan fingerprint density at radius 2 is 2.33 bits per heavy atom. The molecule has 0 aliphatic carbocycles. The summed E-state index contributed by atoms with van der Waals surface area (Å²) in [5, 5.41) is 5.31. The van der Waals surface area contributed by atoms with Gasteiger partial charge >= 0.3 is 0 Å². The average Bonchev–Trinajstić information content (AvgIpc) is 2.85. The van der Waals surface area contributed by atoms with Gasteiger partial charge < -0.3 is 5.32 Å². The molecule has 0 saturated heterocycles. The zero-order valence-corrected chi connectivity index (χ0v) is 11.3. The fourth-order valence-electron chi connectivity index (χ4n) is 1.47. The van der Waals surface area contributed by atoms with Crippen LogP contribution < -0.4 is 5.32 Å². The molecule has 3 nitrogen and oxygen atoms in total. The van der Waals surface area contributed by atoms with Crippen LogP contribution in [0.2, 0.25) is 0 Å². The van der Waals surface area contributed by atoms with Crippen molar-refractivity contribution in [1.82, 2.24) is 10.3 Å². The molecule has 2 rings (SSSR count). The minimum Gasteiger partial charge on any atom is -0.343 e. The third-order valence-electron chi connectivity index (χ3n) is 2.36. The average molecular weight is 282 g/mol. The number of aromatic nitrogens is 1. The highest BCUT2D eigenvalue weighted by Crippen LogP contribution is 2.17. The number of hydrogen-bond donors (Lipinski definition) is 2. The molecule has 0 fully saturated rings. The van der Waals surface area contributed by atoms with E-state index in [9.17, 15) is 9.18 Å². The third kappa shape index (κ3) is 2.88. The maximum absolute atomic E-state index is 13.5. The van der Waals surface area contributed by atoms with Gasteiger partial charge in [-0.25, -0.2) is 9.37 Å². The highest BCUT2D eigenvalue weighted by Gasteiger charge is 2.16. The highest BCUT2D eigenvalue weighted by molar-refractivity contribution is 7.80. The Morgan fingerprint density at radius 1 is 1.56 bits per heavy atom. The molecule has 0 spiro atoms. The molecule has 1 N–H and O–H groups in total. The first-order valence-electron chi connectivity index (χ1n) is 5.26. The van der Waals surface area contributed by atoms with Gasteiger partial charge in [0.15, 0.2) is 0 Å². The molecule has 6 heteroatoms. The molecule has 1 unspecified atom stereocenters. The number of nitrogens with zero attached hydrogens (tertiary/aromatic N) is 1. The first-order valence-corrected chi connectivity index (χ1v) is 6.59. The molecule has 1 aromatic carbocycles. The number of nitrogens with one attached hydrogen (secondary N) is 1. The molecule has 18 heavy (non-hydrogen) atoms. The molecular formula is C12H11FN2OS2. The molecule has 0 aliphatic heterocycles. The molecule has 0 bridgehead atoms. The van der Waals surface area contributed by atoms with E-state index < -0.39 is 11.7 Å². The number of thiazole rings is 1. The summed E-state index contributed by atoms with van der Waals surface area (Å²) in [4.78, 5) is 16.6. The summed E-state index contributed by atoms with van der Waals surface area (Å²) in [5.41, 5.74) is -0.00842. The quantitative estimate of drug-likeness (QED) is 0.850. The number of benzene rings is 1. The SMILES string of the molecule is CC(NC(=O)c1cc(S)ccc1F)c1nccs1. The fourth-order valence-corrected chi connectivity index (χ4v) is 2.32. The lowest BCUT2D eigenvalue weighted by molar-refractivity contribution is 0.0935. The van der Waals surface area contributed by atoms with E-state index in [1.165, 1.54) is 29.5 Å². The van der Waals surface area contributed by atoms with Gasteiger partial charge in [-0.3, -0.25) is 4.79 Å². The zero-order chi connectivity index (χ0) is 13.1. The predicted molar refractivity (Wildman–Crippen MR) is 71.6 cm³/mol. The maximum atomic E-state index is 13.5. The lowest BCUT2D eigenvalue weighted by atomic mass is 10.2. The molecule has 2 aromatic rings. The number of amides is 1. The Balaban J connectivity index is 2.15. The van der Waals surface area contributed by atoms with Crippen LogP contribution in [0.1, 0.15) is 28.3 Å².